The van der Waals surface area contributed by atoms with Gasteiger partial charge in [-0.05, 0) is 24.6 Å². The van der Waals surface area contributed by atoms with Crippen LogP contribution in [-0.2, 0) is 9.53 Å². The topological polar surface area (TPSA) is 38.3 Å². The van der Waals surface area contributed by atoms with E-state index in [0.717, 1.165) is 5.69 Å². The largest absolute Gasteiger partial charge is 0.466 e. The Kier molecular flexibility index (Phi) is 3.82. The smallest absolute Gasteiger partial charge is 0.293 e. The van der Waals surface area contributed by atoms with Gasteiger partial charge in [0.15, 0.2) is 0 Å². The standard InChI is InChI=1S/C10H13NO2/c1-9-3-2-4-10(7-9)11-5-6-13-8-12/h2-4,7-8,11H,5-6H2,1H3. The molecule has 1 aromatic carbocycles. The van der Waals surface area contributed by atoms with Crippen molar-refractivity contribution in [2.24, 2.45) is 0 Å². The van der Waals surface area contributed by atoms with Crippen LogP contribution in [0, 0.1) is 6.92 Å². The second kappa shape index (κ2) is 5.19. The number of hydrogen-bond donors (Lipinski definition) is 1. The van der Waals surface area contributed by atoms with Crippen LogP contribution >= 0.6 is 0 Å². The van der Waals surface area contributed by atoms with Gasteiger partial charge < -0.3 is 10.1 Å². The number of hydrogen-bond acceptors (Lipinski definition) is 3. The van der Waals surface area contributed by atoms with Gasteiger partial charge >= 0.3 is 0 Å². The van der Waals surface area contributed by atoms with Gasteiger partial charge in [0.25, 0.3) is 6.47 Å². The molecule has 3 heteroatoms. The number of benzene rings is 1. The van der Waals surface area contributed by atoms with Crippen molar-refractivity contribution in [1.29, 1.82) is 0 Å². The van der Waals surface area contributed by atoms with E-state index >= 15 is 0 Å². The lowest BCUT2D eigenvalue weighted by Crippen LogP contribution is -2.08. The summed E-state index contributed by atoms with van der Waals surface area (Å²) in [6.45, 7) is 3.53. The Morgan fingerprint density at radius 2 is 2.38 bits per heavy atom. The van der Waals surface area contributed by atoms with Gasteiger partial charge in [-0.2, -0.15) is 0 Å². The summed E-state index contributed by atoms with van der Waals surface area (Å²) in [4.78, 5) is 9.82. The van der Waals surface area contributed by atoms with Gasteiger partial charge in [0.2, 0.25) is 0 Å². The minimum Gasteiger partial charge on any atom is -0.466 e. The SMILES string of the molecule is Cc1cccc(NCCOC=O)c1. The average Bonchev–Trinajstić information content (AvgIpc) is 2.13. The molecule has 0 aliphatic rings. The first-order valence-corrected chi connectivity index (χ1v) is 4.19. The normalized spacial score (nSPS) is 9.31. The van der Waals surface area contributed by atoms with Gasteiger partial charge in [0.05, 0.1) is 0 Å². The number of carbonyl (C=O) groups is 1. The molecule has 0 spiro atoms. The Bertz CT molecular complexity index is 273. The molecule has 0 unspecified atom stereocenters. The second-order valence-electron chi connectivity index (χ2n) is 2.76. The van der Waals surface area contributed by atoms with E-state index in [2.05, 4.69) is 10.1 Å². The monoisotopic (exact) mass is 179 g/mol. The molecular formula is C10H13NO2. The molecule has 0 heterocycles. The highest BCUT2D eigenvalue weighted by atomic mass is 16.5. The predicted octanol–water partition coefficient (Wildman–Crippen LogP) is 1.58. The molecule has 1 N–H and O–H groups in total. The van der Waals surface area contributed by atoms with Gasteiger partial charge in [0.1, 0.15) is 6.61 Å². The third-order valence-corrected chi connectivity index (χ3v) is 1.64. The van der Waals surface area contributed by atoms with Crippen LogP contribution in [0.3, 0.4) is 0 Å². The zero-order chi connectivity index (χ0) is 9.52. The predicted molar refractivity (Wildman–Crippen MR) is 51.7 cm³/mol. The maximum absolute atomic E-state index is 9.82. The van der Waals surface area contributed by atoms with Crippen molar-refractivity contribution in [3.8, 4) is 0 Å². The van der Waals surface area contributed by atoms with Crippen LogP contribution in [0.2, 0.25) is 0 Å². The molecule has 0 atom stereocenters. The number of aryl methyl sites for hydroxylation is 1. The summed E-state index contributed by atoms with van der Waals surface area (Å²) >= 11 is 0. The lowest BCUT2D eigenvalue weighted by atomic mass is 10.2. The zero-order valence-electron chi connectivity index (χ0n) is 7.62. The first kappa shape index (κ1) is 9.58. The highest BCUT2D eigenvalue weighted by Crippen LogP contribution is 2.08. The van der Waals surface area contributed by atoms with Crippen molar-refractivity contribution in [1.82, 2.24) is 0 Å². The van der Waals surface area contributed by atoms with Crippen LogP contribution in [-0.4, -0.2) is 19.6 Å². The minimum absolute atomic E-state index is 0.400. The summed E-state index contributed by atoms with van der Waals surface area (Å²) in [6.07, 6.45) is 0. The Hall–Kier alpha value is -1.51. The van der Waals surface area contributed by atoms with Crippen LogP contribution in [0.1, 0.15) is 5.56 Å². The minimum atomic E-state index is 0.400. The van der Waals surface area contributed by atoms with Gasteiger partial charge in [-0.25, -0.2) is 0 Å². The van der Waals surface area contributed by atoms with Crippen LogP contribution in [0.25, 0.3) is 0 Å². The summed E-state index contributed by atoms with van der Waals surface area (Å²) in [5.41, 5.74) is 2.26. The van der Waals surface area contributed by atoms with Crippen LogP contribution in [0.4, 0.5) is 5.69 Å². The molecule has 3 nitrogen and oxygen atoms in total. The fourth-order valence-corrected chi connectivity index (χ4v) is 1.06. The lowest BCUT2D eigenvalue weighted by Gasteiger charge is -2.05. The molecule has 1 aromatic rings. The number of anilines is 1. The molecular weight excluding hydrogens is 166 g/mol. The third kappa shape index (κ3) is 3.60. The van der Waals surface area contributed by atoms with E-state index in [4.69, 9.17) is 0 Å². The Morgan fingerprint density at radius 1 is 1.54 bits per heavy atom. The van der Waals surface area contributed by atoms with Gasteiger partial charge in [-0.15, -0.1) is 0 Å². The second-order valence-corrected chi connectivity index (χ2v) is 2.76. The fraction of sp³-hybridized carbons (Fsp3) is 0.300. The Morgan fingerprint density at radius 3 is 3.08 bits per heavy atom. The van der Waals surface area contributed by atoms with Crippen molar-refractivity contribution in [3.63, 3.8) is 0 Å². The van der Waals surface area contributed by atoms with E-state index < -0.39 is 0 Å². The zero-order valence-corrected chi connectivity index (χ0v) is 7.62. The van der Waals surface area contributed by atoms with Crippen molar-refractivity contribution in [2.75, 3.05) is 18.5 Å². The van der Waals surface area contributed by atoms with E-state index in [1.165, 1.54) is 5.56 Å². The molecule has 0 bridgehead atoms. The number of ether oxygens (including phenoxy) is 1. The van der Waals surface area contributed by atoms with E-state index in [1.54, 1.807) is 0 Å². The Balaban J connectivity index is 2.32. The van der Waals surface area contributed by atoms with E-state index in [0.29, 0.717) is 19.6 Å². The first-order valence-electron chi connectivity index (χ1n) is 4.19. The molecule has 70 valence electrons. The summed E-state index contributed by atoms with van der Waals surface area (Å²) < 4.78 is 4.54. The Labute approximate surface area is 77.7 Å². The summed E-state index contributed by atoms with van der Waals surface area (Å²) in [7, 11) is 0. The molecule has 0 saturated carbocycles. The fourth-order valence-electron chi connectivity index (χ4n) is 1.06. The van der Waals surface area contributed by atoms with Gasteiger partial charge in [-0.1, -0.05) is 12.1 Å². The van der Waals surface area contributed by atoms with E-state index in [1.807, 2.05) is 31.2 Å². The van der Waals surface area contributed by atoms with Gasteiger partial charge in [-0.3, -0.25) is 4.79 Å². The first-order chi connectivity index (χ1) is 6.33. The molecule has 1 rings (SSSR count). The van der Waals surface area contributed by atoms with Crippen molar-refractivity contribution in [3.05, 3.63) is 29.8 Å². The molecule has 0 radical (unpaired) electrons. The maximum atomic E-state index is 9.82. The van der Waals surface area contributed by atoms with Crippen molar-refractivity contribution in [2.45, 2.75) is 6.92 Å². The van der Waals surface area contributed by atoms with E-state index in [-0.39, 0.29) is 0 Å². The van der Waals surface area contributed by atoms with Crippen molar-refractivity contribution >= 4 is 12.2 Å². The summed E-state index contributed by atoms with van der Waals surface area (Å²) in [5, 5.41) is 3.14. The molecule has 0 amide bonds. The number of nitrogens with one attached hydrogen (secondary N) is 1. The van der Waals surface area contributed by atoms with E-state index in [9.17, 15) is 4.79 Å². The van der Waals surface area contributed by atoms with Crippen molar-refractivity contribution < 1.29 is 9.53 Å². The van der Waals surface area contributed by atoms with Crippen LogP contribution in [0.5, 0.6) is 0 Å². The lowest BCUT2D eigenvalue weighted by molar-refractivity contribution is -0.128. The molecule has 0 aliphatic heterocycles. The molecule has 0 aromatic heterocycles. The quantitative estimate of drug-likeness (QED) is 0.551. The maximum Gasteiger partial charge on any atom is 0.293 e. The number of rotatable bonds is 5. The average molecular weight is 179 g/mol. The highest BCUT2D eigenvalue weighted by molar-refractivity contribution is 5.45. The van der Waals surface area contributed by atoms with Crippen LogP contribution in [0.15, 0.2) is 24.3 Å². The summed E-state index contributed by atoms with van der Waals surface area (Å²) in [5.74, 6) is 0. The summed E-state index contributed by atoms with van der Waals surface area (Å²) in [6, 6.07) is 8.04. The number of carbonyl (C=O) groups excluding carboxylic acids is 1. The third-order valence-electron chi connectivity index (χ3n) is 1.64. The van der Waals surface area contributed by atoms with Crippen LogP contribution < -0.4 is 5.32 Å². The molecule has 0 aliphatic carbocycles. The molecule has 13 heavy (non-hydrogen) atoms. The molecule has 0 saturated heterocycles. The van der Waals surface area contributed by atoms with Gasteiger partial charge in [0, 0.05) is 12.2 Å². The highest BCUT2D eigenvalue weighted by Gasteiger charge is 1.90. The molecule has 0 fully saturated rings.